The minimum absolute atomic E-state index is 0. The van der Waals surface area contributed by atoms with Crippen molar-refractivity contribution in [3.8, 4) is 0 Å². The molecule has 1 aromatic carbocycles. The molecule has 2 saturated heterocycles. The number of aliphatic imine (C=N–C) groups is 1. The number of nitrogens with zero attached hydrogens (tertiary/aromatic N) is 2. The standard InChI is InChI=1S/C22H36N4O3.HI/c1-23-22(24-8-4-11-28-17-19-7-12-29-18-19)25-15-20-5-2-3-6-21(20)16-26-9-13-27-14-10-26;/h2-3,5-6,19H,4,7-18H2,1H3,(H2,23,24,25);1H. The average Bonchev–Trinajstić information content (AvgIpc) is 3.28. The molecule has 0 aliphatic carbocycles. The van der Waals surface area contributed by atoms with E-state index in [1.165, 1.54) is 11.1 Å². The van der Waals surface area contributed by atoms with Gasteiger partial charge in [0.15, 0.2) is 5.96 Å². The summed E-state index contributed by atoms with van der Waals surface area (Å²) in [7, 11) is 1.81. The number of rotatable bonds is 10. The lowest BCUT2D eigenvalue weighted by molar-refractivity contribution is 0.0341. The predicted molar refractivity (Wildman–Crippen MR) is 131 cm³/mol. The monoisotopic (exact) mass is 532 g/mol. The van der Waals surface area contributed by atoms with E-state index in [0.717, 1.165) is 91.2 Å². The molecule has 0 spiro atoms. The van der Waals surface area contributed by atoms with E-state index in [4.69, 9.17) is 14.2 Å². The van der Waals surface area contributed by atoms with Crippen LogP contribution in [0.25, 0.3) is 0 Å². The topological polar surface area (TPSA) is 67.4 Å². The van der Waals surface area contributed by atoms with Gasteiger partial charge < -0.3 is 24.8 Å². The van der Waals surface area contributed by atoms with Crippen LogP contribution in [0, 0.1) is 5.92 Å². The fourth-order valence-electron chi connectivity index (χ4n) is 3.63. The van der Waals surface area contributed by atoms with Crippen molar-refractivity contribution < 1.29 is 14.2 Å². The molecule has 2 N–H and O–H groups in total. The second kappa shape index (κ2) is 15.0. The SMILES string of the molecule is CN=C(NCCCOCC1CCOC1)NCc1ccccc1CN1CCOCC1.I. The molecule has 0 saturated carbocycles. The molecule has 0 bridgehead atoms. The fourth-order valence-corrected chi connectivity index (χ4v) is 3.63. The summed E-state index contributed by atoms with van der Waals surface area (Å²) in [6.07, 6.45) is 2.09. The van der Waals surface area contributed by atoms with Crippen molar-refractivity contribution in [2.75, 3.05) is 66.3 Å². The van der Waals surface area contributed by atoms with Crippen LogP contribution < -0.4 is 10.6 Å². The van der Waals surface area contributed by atoms with Crippen molar-refractivity contribution in [3.05, 3.63) is 35.4 Å². The molecular formula is C22H37IN4O3. The van der Waals surface area contributed by atoms with E-state index in [1.807, 2.05) is 7.05 Å². The van der Waals surface area contributed by atoms with Crippen LogP contribution >= 0.6 is 24.0 Å². The lowest BCUT2D eigenvalue weighted by Gasteiger charge is -2.27. The highest BCUT2D eigenvalue weighted by Crippen LogP contribution is 2.13. The summed E-state index contributed by atoms with van der Waals surface area (Å²) < 4.78 is 16.6. The van der Waals surface area contributed by atoms with Crippen molar-refractivity contribution in [2.45, 2.75) is 25.9 Å². The van der Waals surface area contributed by atoms with Crippen LogP contribution in [-0.2, 0) is 27.3 Å². The molecule has 0 radical (unpaired) electrons. The Morgan fingerprint density at radius 3 is 2.67 bits per heavy atom. The molecule has 1 unspecified atom stereocenters. The first kappa shape index (κ1) is 25.3. The van der Waals surface area contributed by atoms with E-state index in [-0.39, 0.29) is 24.0 Å². The average molecular weight is 532 g/mol. The van der Waals surface area contributed by atoms with E-state index >= 15 is 0 Å². The third-order valence-corrected chi connectivity index (χ3v) is 5.42. The second-order valence-electron chi connectivity index (χ2n) is 7.67. The highest BCUT2D eigenvalue weighted by atomic mass is 127. The molecule has 2 aliphatic heterocycles. The Labute approximate surface area is 197 Å². The van der Waals surface area contributed by atoms with Crippen LogP contribution in [0.4, 0.5) is 0 Å². The van der Waals surface area contributed by atoms with Gasteiger partial charge in [-0.05, 0) is 24.0 Å². The number of guanidine groups is 1. The first-order chi connectivity index (χ1) is 14.3. The number of hydrogen-bond acceptors (Lipinski definition) is 5. The Hall–Kier alpha value is -0.940. The summed E-state index contributed by atoms with van der Waals surface area (Å²) in [6, 6.07) is 8.62. The van der Waals surface area contributed by atoms with Crippen LogP contribution in [0.15, 0.2) is 29.3 Å². The van der Waals surface area contributed by atoms with Gasteiger partial charge >= 0.3 is 0 Å². The number of morpholine rings is 1. The predicted octanol–water partition coefficient (Wildman–Crippen LogP) is 2.25. The molecule has 2 heterocycles. The molecule has 8 heteroatoms. The summed E-state index contributed by atoms with van der Waals surface area (Å²) in [5, 5.41) is 6.81. The maximum absolute atomic E-state index is 5.76. The molecule has 2 aliphatic rings. The molecular weight excluding hydrogens is 495 g/mol. The van der Waals surface area contributed by atoms with Crippen LogP contribution in [0.2, 0.25) is 0 Å². The smallest absolute Gasteiger partial charge is 0.191 e. The minimum Gasteiger partial charge on any atom is -0.381 e. The summed E-state index contributed by atoms with van der Waals surface area (Å²) in [4.78, 5) is 6.79. The van der Waals surface area contributed by atoms with Crippen molar-refractivity contribution in [1.82, 2.24) is 15.5 Å². The highest BCUT2D eigenvalue weighted by molar-refractivity contribution is 14.0. The minimum atomic E-state index is 0. The van der Waals surface area contributed by atoms with E-state index < -0.39 is 0 Å². The zero-order chi connectivity index (χ0) is 20.2. The third kappa shape index (κ3) is 9.05. The molecule has 170 valence electrons. The van der Waals surface area contributed by atoms with Crippen molar-refractivity contribution in [2.24, 2.45) is 10.9 Å². The zero-order valence-electron chi connectivity index (χ0n) is 18.1. The van der Waals surface area contributed by atoms with Gasteiger partial charge in [0.25, 0.3) is 0 Å². The maximum atomic E-state index is 5.76. The molecule has 2 fully saturated rings. The van der Waals surface area contributed by atoms with Gasteiger partial charge in [0.2, 0.25) is 0 Å². The van der Waals surface area contributed by atoms with E-state index in [9.17, 15) is 0 Å². The lowest BCUT2D eigenvalue weighted by Crippen LogP contribution is -2.38. The van der Waals surface area contributed by atoms with Crippen LogP contribution in [0.5, 0.6) is 0 Å². The van der Waals surface area contributed by atoms with Crippen LogP contribution in [0.3, 0.4) is 0 Å². The Morgan fingerprint density at radius 2 is 1.93 bits per heavy atom. The number of ether oxygens (including phenoxy) is 3. The zero-order valence-corrected chi connectivity index (χ0v) is 20.4. The number of benzene rings is 1. The van der Waals surface area contributed by atoms with E-state index in [1.54, 1.807) is 0 Å². The molecule has 3 rings (SSSR count). The van der Waals surface area contributed by atoms with Gasteiger partial charge in [-0.2, -0.15) is 0 Å². The first-order valence-electron chi connectivity index (χ1n) is 10.8. The van der Waals surface area contributed by atoms with Gasteiger partial charge in [0.1, 0.15) is 0 Å². The Kier molecular flexibility index (Phi) is 12.6. The molecule has 1 atom stereocenters. The number of nitrogens with one attached hydrogen (secondary N) is 2. The van der Waals surface area contributed by atoms with Gasteiger partial charge in [-0.1, -0.05) is 24.3 Å². The van der Waals surface area contributed by atoms with Crippen molar-refractivity contribution in [1.29, 1.82) is 0 Å². The lowest BCUT2D eigenvalue weighted by atomic mass is 10.1. The number of hydrogen-bond donors (Lipinski definition) is 2. The van der Waals surface area contributed by atoms with Crippen molar-refractivity contribution >= 4 is 29.9 Å². The summed E-state index contributed by atoms with van der Waals surface area (Å²) in [5.41, 5.74) is 2.67. The quantitative estimate of drug-likeness (QED) is 0.209. The van der Waals surface area contributed by atoms with Gasteiger partial charge in [0, 0.05) is 58.9 Å². The largest absolute Gasteiger partial charge is 0.381 e. The maximum Gasteiger partial charge on any atom is 0.191 e. The second-order valence-corrected chi connectivity index (χ2v) is 7.67. The normalized spacial score (nSPS) is 20.0. The van der Waals surface area contributed by atoms with Gasteiger partial charge in [-0.25, -0.2) is 0 Å². The molecule has 7 nitrogen and oxygen atoms in total. The third-order valence-electron chi connectivity index (χ3n) is 5.42. The van der Waals surface area contributed by atoms with Crippen molar-refractivity contribution in [3.63, 3.8) is 0 Å². The number of halogens is 1. The van der Waals surface area contributed by atoms with Crippen LogP contribution in [0.1, 0.15) is 24.0 Å². The molecule has 0 amide bonds. The van der Waals surface area contributed by atoms with Gasteiger partial charge in [-0.3, -0.25) is 9.89 Å². The molecule has 0 aromatic heterocycles. The van der Waals surface area contributed by atoms with Gasteiger partial charge in [0.05, 0.1) is 26.4 Å². The Balaban J connectivity index is 0.00000320. The highest BCUT2D eigenvalue weighted by Gasteiger charge is 2.15. The fraction of sp³-hybridized carbons (Fsp3) is 0.682. The molecule has 30 heavy (non-hydrogen) atoms. The van der Waals surface area contributed by atoms with E-state index in [2.05, 4.69) is 44.8 Å². The molecule has 1 aromatic rings. The van der Waals surface area contributed by atoms with E-state index in [0.29, 0.717) is 5.92 Å². The summed E-state index contributed by atoms with van der Waals surface area (Å²) in [5.74, 6) is 1.41. The summed E-state index contributed by atoms with van der Waals surface area (Å²) >= 11 is 0. The van der Waals surface area contributed by atoms with Gasteiger partial charge in [-0.15, -0.1) is 24.0 Å². The Bertz CT molecular complexity index is 620. The first-order valence-corrected chi connectivity index (χ1v) is 10.8. The van der Waals surface area contributed by atoms with Crippen LogP contribution in [-0.4, -0.2) is 77.2 Å². The summed E-state index contributed by atoms with van der Waals surface area (Å²) in [6.45, 7) is 9.54. The Morgan fingerprint density at radius 1 is 1.13 bits per heavy atom.